The molecule has 120 valence electrons. The molecule has 0 saturated carbocycles. The molecule has 1 saturated heterocycles. The number of nitrogens with one attached hydrogen (secondary N) is 1. The number of rotatable bonds is 6. The maximum absolute atomic E-state index is 12.2. The molecule has 2 N–H and O–H groups in total. The molecule has 1 aliphatic heterocycles. The third-order valence-corrected chi connectivity index (χ3v) is 3.79. The van der Waals surface area contributed by atoms with Gasteiger partial charge in [0.1, 0.15) is 6.04 Å². The number of hydrogen-bond donors (Lipinski definition) is 2. The minimum atomic E-state index is -1.00. The van der Waals surface area contributed by atoms with Crippen molar-refractivity contribution in [3.63, 3.8) is 0 Å². The number of carbonyl (C=O) groups is 3. The quantitative estimate of drug-likeness (QED) is 0.772. The van der Waals surface area contributed by atoms with Gasteiger partial charge >= 0.3 is 5.97 Å². The third-order valence-electron chi connectivity index (χ3n) is 3.79. The summed E-state index contributed by atoms with van der Waals surface area (Å²) in [6.45, 7) is 6.63. The first-order valence-electron chi connectivity index (χ1n) is 7.68. The van der Waals surface area contributed by atoms with Gasteiger partial charge in [0, 0.05) is 19.0 Å². The molecule has 2 unspecified atom stereocenters. The van der Waals surface area contributed by atoms with Crippen LogP contribution in [0.4, 0.5) is 0 Å². The van der Waals surface area contributed by atoms with Crippen molar-refractivity contribution in [3.05, 3.63) is 0 Å². The number of aliphatic carboxylic acids is 1. The Hall–Kier alpha value is -1.59. The zero-order chi connectivity index (χ0) is 16.0. The fourth-order valence-corrected chi connectivity index (χ4v) is 2.59. The minimum Gasteiger partial charge on any atom is -0.480 e. The Kier molecular flexibility index (Phi) is 6.65. The summed E-state index contributed by atoms with van der Waals surface area (Å²) in [5.74, 6) is -1.59. The standard InChI is InChI=1S/C15H26N2O4/c1-4-6-12(15(20)21)16-13(18)11-7-5-8-17(9-11)14(19)10(2)3/h10-12H,4-9H2,1-3H3,(H,16,18)(H,20,21). The van der Waals surface area contributed by atoms with Gasteiger partial charge < -0.3 is 15.3 Å². The molecule has 0 radical (unpaired) electrons. The van der Waals surface area contributed by atoms with Crippen LogP contribution < -0.4 is 5.32 Å². The van der Waals surface area contributed by atoms with E-state index in [0.717, 1.165) is 6.42 Å². The molecule has 0 spiro atoms. The van der Waals surface area contributed by atoms with Crippen LogP contribution in [0.2, 0.25) is 0 Å². The lowest BCUT2D eigenvalue weighted by Gasteiger charge is -2.33. The van der Waals surface area contributed by atoms with E-state index in [9.17, 15) is 14.4 Å². The van der Waals surface area contributed by atoms with E-state index in [1.165, 1.54) is 0 Å². The van der Waals surface area contributed by atoms with Crippen molar-refractivity contribution in [2.24, 2.45) is 11.8 Å². The smallest absolute Gasteiger partial charge is 0.326 e. The number of piperidine rings is 1. The van der Waals surface area contributed by atoms with Crippen molar-refractivity contribution in [3.8, 4) is 0 Å². The highest BCUT2D eigenvalue weighted by Crippen LogP contribution is 2.19. The van der Waals surface area contributed by atoms with Gasteiger partial charge in [0.25, 0.3) is 0 Å². The first-order valence-corrected chi connectivity index (χ1v) is 7.68. The van der Waals surface area contributed by atoms with E-state index in [1.807, 2.05) is 20.8 Å². The third kappa shape index (κ3) is 5.02. The van der Waals surface area contributed by atoms with Crippen LogP contribution in [0.5, 0.6) is 0 Å². The second kappa shape index (κ2) is 8.00. The monoisotopic (exact) mass is 298 g/mol. The van der Waals surface area contributed by atoms with Crippen molar-refractivity contribution < 1.29 is 19.5 Å². The van der Waals surface area contributed by atoms with Crippen LogP contribution in [-0.4, -0.2) is 46.9 Å². The van der Waals surface area contributed by atoms with Crippen molar-refractivity contribution in [1.82, 2.24) is 10.2 Å². The Morgan fingerprint density at radius 3 is 2.52 bits per heavy atom. The summed E-state index contributed by atoms with van der Waals surface area (Å²) < 4.78 is 0. The number of carbonyl (C=O) groups excluding carboxylic acids is 2. The summed E-state index contributed by atoms with van der Waals surface area (Å²) in [7, 11) is 0. The molecule has 0 aliphatic carbocycles. The van der Waals surface area contributed by atoms with Crippen LogP contribution in [0.25, 0.3) is 0 Å². The highest BCUT2D eigenvalue weighted by Gasteiger charge is 2.31. The second-order valence-corrected chi connectivity index (χ2v) is 5.97. The zero-order valence-electron chi connectivity index (χ0n) is 13.1. The fraction of sp³-hybridized carbons (Fsp3) is 0.800. The van der Waals surface area contributed by atoms with E-state index in [0.29, 0.717) is 32.4 Å². The fourth-order valence-electron chi connectivity index (χ4n) is 2.59. The Bertz CT molecular complexity index is 395. The molecule has 1 rings (SSSR count). The molecule has 6 heteroatoms. The molecule has 1 aliphatic rings. The molecule has 1 fully saturated rings. The van der Waals surface area contributed by atoms with Gasteiger partial charge in [-0.25, -0.2) is 4.79 Å². The van der Waals surface area contributed by atoms with Gasteiger partial charge in [-0.15, -0.1) is 0 Å². The Morgan fingerprint density at radius 1 is 1.33 bits per heavy atom. The molecular formula is C15H26N2O4. The summed E-state index contributed by atoms with van der Waals surface area (Å²) in [5, 5.41) is 11.7. The number of likely N-dealkylation sites (tertiary alicyclic amines) is 1. The summed E-state index contributed by atoms with van der Waals surface area (Å²) in [6.07, 6.45) is 2.59. The van der Waals surface area contributed by atoms with E-state index in [4.69, 9.17) is 5.11 Å². The van der Waals surface area contributed by atoms with Crippen LogP contribution in [0, 0.1) is 11.8 Å². The predicted octanol–water partition coefficient (Wildman–Crippen LogP) is 1.25. The lowest BCUT2D eigenvalue weighted by molar-refractivity contribution is -0.144. The summed E-state index contributed by atoms with van der Waals surface area (Å²) in [4.78, 5) is 37.0. The van der Waals surface area contributed by atoms with Gasteiger partial charge in [-0.05, 0) is 19.3 Å². The van der Waals surface area contributed by atoms with Crippen molar-refractivity contribution in [2.45, 2.75) is 52.5 Å². The molecule has 2 amide bonds. The van der Waals surface area contributed by atoms with Gasteiger partial charge in [-0.3, -0.25) is 9.59 Å². The highest BCUT2D eigenvalue weighted by molar-refractivity contribution is 5.86. The van der Waals surface area contributed by atoms with E-state index in [1.54, 1.807) is 4.90 Å². The molecule has 0 aromatic heterocycles. The maximum Gasteiger partial charge on any atom is 0.326 e. The molecule has 6 nitrogen and oxygen atoms in total. The van der Waals surface area contributed by atoms with Crippen molar-refractivity contribution in [2.75, 3.05) is 13.1 Å². The molecule has 21 heavy (non-hydrogen) atoms. The number of amides is 2. The molecule has 2 atom stereocenters. The molecule has 0 bridgehead atoms. The van der Waals surface area contributed by atoms with Gasteiger partial charge in [0.05, 0.1) is 5.92 Å². The van der Waals surface area contributed by atoms with Gasteiger partial charge in [0.15, 0.2) is 0 Å². The van der Waals surface area contributed by atoms with E-state index >= 15 is 0 Å². The Balaban J connectivity index is 2.61. The molecule has 0 aromatic rings. The largest absolute Gasteiger partial charge is 0.480 e. The number of hydrogen-bond acceptors (Lipinski definition) is 3. The SMILES string of the molecule is CCCC(NC(=O)C1CCCN(C(=O)C(C)C)C1)C(=O)O. The summed E-state index contributed by atoms with van der Waals surface area (Å²) in [5.41, 5.74) is 0. The van der Waals surface area contributed by atoms with Crippen LogP contribution in [0.1, 0.15) is 46.5 Å². The predicted molar refractivity (Wildman–Crippen MR) is 78.6 cm³/mol. The van der Waals surface area contributed by atoms with Crippen LogP contribution in [-0.2, 0) is 14.4 Å². The summed E-state index contributed by atoms with van der Waals surface area (Å²) >= 11 is 0. The second-order valence-electron chi connectivity index (χ2n) is 5.97. The van der Waals surface area contributed by atoms with Crippen LogP contribution in [0.15, 0.2) is 0 Å². The normalized spacial score (nSPS) is 20.2. The average molecular weight is 298 g/mol. The minimum absolute atomic E-state index is 0.0517. The van der Waals surface area contributed by atoms with Crippen molar-refractivity contribution in [1.29, 1.82) is 0 Å². The molecular weight excluding hydrogens is 272 g/mol. The first kappa shape index (κ1) is 17.5. The first-order chi connectivity index (χ1) is 9.86. The van der Waals surface area contributed by atoms with E-state index in [-0.39, 0.29) is 23.7 Å². The van der Waals surface area contributed by atoms with Gasteiger partial charge in [0.2, 0.25) is 11.8 Å². The van der Waals surface area contributed by atoms with Gasteiger partial charge in [-0.1, -0.05) is 27.2 Å². The highest BCUT2D eigenvalue weighted by atomic mass is 16.4. The molecule has 0 aromatic carbocycles. The Morgan fingerprint density at radius 2 is 2.00 bits per heavy atom. The number of nitrogens with zero attached hydrogens (tertiary/aromatic N) is 1. The number of carboxylic acids is 1. The topological polar surface area (TPSA) is 86.7 Å². The lowest BCUT2D eigenvalue weighted by Crippen LogP contribution is -2.50. The van der Waals surface area contributed by atoms with Crippen LogP contribution >= 0.6 is 0 Å². The van der Waals surface area contributed by atoms with E-state index < -0.39 is 12.0 Å². The number of carboxylic acid groups (broad SMARTS) is 1. The average Bonchev–Trinajstić information content (AvgIpc) is 2.45. The zero-order valence-corrected chi connectivity index (χ0v) is 13.1. The van der Waals surface area contributed by atoms with Gasteiger partial charge in [-0.2, -0.15) is 0 Å². The van der Waals surface area contributed by atoms with E-state index in [2.05, 4.69) is 5.32 Å². The van der Waals surface area contributed by atoms with Crippen molar-refractivity contribution >= 4 is 17.8 Å². The molecule has 1 heterocycles. The Labute approximate surface area is 125 Å². The maximum atomic E-state index is 12.2. The van der Waals surface area contributed by atoms with Crippen LogP contribution in [0.3, 0.4) is 0 Å². The lowest BCUT2D eigenvalue weighted by atomic mass is 9.95. The summed E-state index contributed by atoms with van der Waals surface area (Å²) in [6, 6.07) is -0.835.